The molecule has 0 spiro atoms. The van der Waals surface area contributed by atoms with Crippen LogP contribution in [0.15, 0.2) is 29.0 Å². The number of fused-ring (bicyclic) bond motifs is 1. The number of likely N-dealkylation sites (tertiary alicyclic amines) is 1. The lowest BCUT2D eigenvalue weighted by atomic mass is 10.0. The molecule has 0 atom stereocenters. The summed E-state index contributed by atoms with van der Waals surface area (Å²) in [6.07, 6.45) is 5.59. The molecule has 0 bridgehead atoms. The Morgan fingerprint density at radius 3 is 2.69 bits per heavy atom. The first-order valence-electron chi connectivity index (χ1n) is 11.0. The Bertz CT molecular complexity index is 1100. The summed E-state index contributed by atoms with van der Waals surface area (Å²) in [5, 5.41) is 12.0. The first kappa shape index (κ1) is 21.7. The van der Waals surface area contributed by atoms with Crippen LogP contribution in [-0.4, -0.2) is 50.7 Å². The van der Waals surface area contributed by atoms with Gasteiger partial charge in [-0.05, 0) is 38.3 Å². The van der Waals surface area contributed by atoms with Gasteiger partial charge in [0.2, 0.25) is 0 Å². The van der Waals surface area contributed by atoms with Crippen LogP contribution in [-0.2, 0) is 19.5 Å². The van der Waals surface area contributed by atoms with E-state index in [0.717, 1.165) is 40.8 Å². The minimum Gasteiger partial charge on any atom is -0.459 e. The molecule has 0 saturated carbocycles. The summed E-state index contributed by atoms with van der Waals surface area (Å²) in [5.41, 5.74) is 9.03. The monoisotopic (exact) mass is 439 g/mol. The maximum absolute atomic E-state index is 12.5. The smallest absolute Gasteiger partial charge is 0.314 e. The average Bonchev–Trinajstić information content (AvgIpc) is 3.48. The van der Waals surface area contributed by atoms with Gasteiger partial charge in [0.1, 0.15) is 0 Å². The molecule has 170 valence electrons. The van der Waals surface area contributed by atoms with Gasteiger partial charge in [0.15, 0.2) is 11.4 Å². The largest absolute Gasteiger partial charge is 0.459 e. The average molecular weight is 440 g/mol. The molecule has 10 nitrogen and oxygen atoms in total. The molecular formula is C22H29N7O3. The van der Waals surface area contributed by atoms with E-state index in [9.17, 15) is 9.59 Å². The third kappa shape index (κ3) is 4.25. The van der Waals surface area contributed by atoms with Gasteiger partial charge in [0, 0.05) is 43.5 Å². The Morgan fingerprint density at radius 2 is 2.06 bits per heavy atom. The van der Waals surface area contributed by atoms with Crippen LogP contribution in [0.1, 0.15) is 48.5 Å². The zero-order valence-electron chi connectivity index (χ0n) is 18.4. The number of nitrogens with zero attached hydrogens (tertiary/aromatic N) is 4. The molecule has 1 fully saturated rings. The topological polar surface area (TPSA) is 131 Å². The van der Waals surface area contributed by atoms with Crippen LogP contribution in [0.25, 0.3) is 11.0 Å². The number of carbonyl (C=O) groups excluding carboxylic acids is 2. The number of primary amides is 1. The van der Waals surface area contributed by atoms with Crippen molar-refractivity contribution in [2.45, 2.75) is 52.2 Å². The number of amides is 3. The second kappa shape index (κ2) is 9.29. The second-order valence-electron chi connectivity index (χ2n) is 7.87. The normalized spacial score (nSPS) is 14.6. The summed E-state index contributed by atoms with van der Waals surface area (Å²) in [6, 6.07) is 3.11. The number of rotatable bonds is 7. The van der Waals surface area contributed by atoms with E-state index in [4.69, 9.17) is 15.1 Å². The lowest BCUT2D eigenvalue weighted by molar-refractivity contribution is 0.0923. The van der Waals surface area contributed by atoms with Crippen LogP contribution in [0.3, 0.4) is 0 Å². The Morgan fingerprint density at radius 1 is 1.28 bits per heavy atom. The molecular weight excluding hydrogens is 410 g/mol. The number of piperidine rings is 1. The number of anilines is 1. The van der Waals surface area contributed by atoms with E-state index in [0.29, 0.717) is 32.6 Å². The summed E-state index contributed by atoms with van der Waals surface area (Å²) >= 11 is 0. The molecule has 1 aliphatic rings. The molecule has 4 heterocycles. The second-order valence-corrected chi connectivity index (χ2v) is 7.87. The maximum Gasteiger partial charge on any atom is 0.314 e. The van der Waals surface area contributed by atoms with Crippen molar-refractivity contribution >= 4 is 28.7 Å². The van der Waals surface area contributed by atoms with E-state index in [1.54, 1.807) is 17.0 Å². The Kier molecular flexibility index (Phi) is 6.29. The van der Waals surface area contributed by atoms with Crippen molar-refractivity contribution in [3.05, 3.63) is 41.6 Å². The molecule has 1 saturated heterocycles. The highest BCUT2D eigenvalue weighted by molar-refractivity contribution is 5.93. The first-order chi connectivity index (χ1) is 15.5. The van der Waals surface area contributed by atoms with Crippen LogP contribution >= 0.6 is 0 Å². The van der Waals surface area contributed by atoms with Crippen LogP contribution in [0, 0.1) is 0 Å². The van der Waals surface area contributed by atoms with Gasteiger partial charge in [-0.1, -0.05) is 6.92 Å². The van der Waals surface area contributed by atoms with Gasteiger partial charge in [-0.2, -0.15) is 5.10 Å². The van der Waals surface area contributed by atoms with E-state index >= 15 is 0 Å². The number of carbonyl (C=O) groups is 2. The lowest BCUT2D eigenvalue weighted by Gasteiger charge is -2.32. The van der Waals surface area contributed by atoms with Crippen molar-refractivity contribution in [2.75, 3.05) is 18.4 Å². The van der Waals surface area contributed by atoms with Gasteiger partial charge in [-0.15, -0.1) is 0 Å². The molecule has 1 aliphatic heterocycles. The van der Waals surface area contributed by atoms with E-state index in [1.165, 1.54) is 6.26 Å². The number of urea groups is 1. The standard InChI is InChI=1S/C22H29N7O3/c1-3-17-15(12-24-21(30)18-6-5-11-32-18)19(16-13-25-29(4-2)20(16)27-17)26-14-7-9-28(10-8-14)22(23)31/h5-6,11,13-14H,3-4,7-10,12H2,1-2H3,(H2,23,31)(H,24,30)(H,26,27). The molecule has 0 radical (unpaired) electrons. The molecule has 32 heavy (non-hydrogen) atoms. The number of aryl methyl sites for hydroxylation is 2. The van der Waals surface area contributed by atoms with E-state index in [-0.39, 0.29) is 23.7 Å². The molecule has 4 rings (SSSR count). The fourth-order valence-corrected chi connectivity index (χ4v) is 4.17. The molecule has 0 aliphatic carbocycles. The molecule has 3 amide bonds. The molecule has 3 aromatic heterocycles. The Balaban J connectivity index is 1.66. The van der Waals surface area contributed by atoms with Crippen molar-refractivity contribution < 1.29 is 14.0 Å². The van der Waals surface area contributed by atoms with Gasteiger partial charge >= 0.3 is 6.03 Å². The first-order valence-corrected chi connectivity index (χ1v) is 11.0. The fraction of sp³-hybridized carbons (Fsp3) is 0.455. The van der Waals surface area contributed by atoms with Crippen LogP contribution in [0.2, 0.25) is 0 Å². The van der Waals surface area contributed by atoms with E-state index in [2.05, 4.69) is 15.7 Å². The predicted molar refractivity (Wildman–Crippen MR) is 120 cm³/mol. The highest BCUT2D eigenvalue weighted by Gasteiger charge is 2.25. The van der Waals surface area contributed by atoms with Crippen molar-refractivity contribution in [1.82, 2.24) is 25.0 Å². The molecule has 3 aromatic rings. The maximum atomic E-state index is 12.5. The number of hydrogen-bond acceptors (Lipinski definition) is 6. The molecule has 10 heteroatoms. The number of furan rings is 1. The highest BCUT2D eigenvalue weighted by Crippen LogP contribution is 2.31. The van der Waals surface area contributed by atoms with E-state index < -0.39 is 0 Å². The van der Waals surface area contributed by atoms with Crippen LogP contribution in [0.4, 0.5) is 10.5 Å². The number of nitrogens with one attached hydrogen (secondary N) is 2. The van der Waals surface area contributed by atoms with E-state index in [1.807, 2.05) is 24.7 Å². The lowest BCUT2D eigenvalue weighted by Crippen LogP contribution is -2.44. The molecule has 0 unspecified atom stereocenters. The number of aromatic nitrogens is 3. The molecule has 0 aromatic carbocycles. The van der Waals surface area contributed by atoms with Crippen molar-refractivity contribution in [2.24, 2.45) is 5.73 Å². The Hall–Kier alpha value is -3.56. The van der Waals surface area contributed by atoms with Gasteiger partial charge in [-0.3, -0.25) is 4.79 Å². The summed E-state index contributed by atoms with van der Waals surface area (Å²) in [7, 11) is 0. The van der Waals surface area contributed by atoms with Crippen molar-refractivity contribution in [3.8, 4) is 0 Å². The third-order valence-corrected chi connectivity index (χ3v) is 5.93. The fourth-order valence-electron chi connectivity index (χ4n) is 4.17. The number of hydrogen-bond donors (Lipinski definition) is 3. The number of nitrogens with two attached hydrogens (primary N) is 1. The van der Waals surface area contributed by atoms with Gasteiger partial charge in [0.25, 0.3) is 5.91 Å². The number of pyridine rings is 1. The summed E-state index contributed by atoms with van der Waals surface area (Å²) in [5.74, 6) is -0.00802. The van der Waals surface area contributed by atoms with Crippen molar-refractivity contribution in [3.63, 3.8) is 0 Å². The van der Waals surface area contributed by atoms with Crippen molar-refractivity contribution in [1.29, 1.82) is 0 Å². The Labute approximate surface area is 186 Å². The predicted octanol–water partition coefficient (Wildman–Crippen LogP) is 2.49. The zero-order chi connectivity index (χ0) is 22.7. The highest BCUT2D eigenvalue weighted by atomic mass is 16.3. The van der Waals surface area contributed by atoms with Crippen LogP contribution < -0.4 is 16.4 Å². The molecule has 4 N–H and O–H groups in total. The third-order valence-electron chi connectivity index (χ3n) is 5.93. The van der Waals surface area contributed by atoms with Gasteiger partial charge in [-0.25, -0.2) is 14.5 Å². The van der Waals surface area contributed by atoms with Gasteiger partial charge < -0.3 is 25.7 Å². The van der Waals surface area contributed by atoms with Crippen LogP contribution in [0.5, 0.6) is 0 Å². The summed E-state index contributed by atoms with van der Waals surface area (Å²) in [4.78, 5) is 30.5. The summed E-state index contributed by atoms with van der Waals surface area (Å²) < 4.78 is 7.09. The quantitative estimate of drug-likeness (QED) is 0.518. The zero-order valence-corrected chi connectivity index (χ0v) is 18.4. The summed E-state index contributed by atoms with van der Waals surface area (Å²) in [6.45, 7) is 6.33. The SMILES string of the molecule is CCc1nc2c(cnn2CC)c(NC2CCN(C(N)=O)CC2)c1CNC(=O)c1ccco1. The minimum atomic E-state index is -0.381. The van der Waals surface area contributed by atoms with Gasteiger partial charge in [0.05, 0.1) is 23.5 Å². The minimum absolute atomic E-state index is 0.172.